The average Bonchev–Trinajstić information content (AvgIpc) is 2.69. The van der Waals surface area contributed by atoms with E-state index in [1.807, 2.05) is 0 Å². The van der Waals surface area contributed by atoms with Crippen LogP contribution in [0.4, 0.5) is 0 Å². The highest BCUT2D eigenvalue weighted by molar-refractivity contribution is 5.12. The van der Waals surface area contributed by atoms with Crippen molar-refractivity contribution < 1.29 is 5.11 Å². The van der Waals surface area contributed by atoms with Crippen molar-refractivity contribution in [3.05, 3.63) is 0 Å². The van der Waals surface area contributed by atoms with Crippen LogP contribution in [0, 0.1) is 34.5 Å². The Morgan fingerprint density at radius 2 is 1.52 bits per heavy atom. The van der Waals surface area contributed by atoms with E-state index < -0.39 is 5.60 Å². The van der Waals surface area contributed by atoms with Gasteiger partial charge in [0.15, 0.2) is 0 Å². The van der Waals surface area contributed by atoms with Gasteiger partial charge in [-0.15, -0.1) is 0 Å². The first-order chi connectivity index (χ1) is 9.88. The zero-order chi connectivity index (χ0) is 14.9. The summed E-state index contributed by atoms with van der Waals surface area (Å²) >= 11 is 0. The Hall–Kier alpha value is -0.0400. The normalized spacial score (nSPS) is 60.0. The lowest BCUT2D eigenvalue weighted by Gasteiger charge is -2.61. The lowest BCUT2D eigenvalue weighted by atomic mass is 9.44. The molecule has 4 saturated carbocycles. The molecule has 4 fully saturated rings. The van der Waals surface area contributed by atoms with Gasteiger partial charge in [-0.3, -0.25) is 0 Å². The molecule has 0 aromatic rings. The predicted molar refractivity (Wildman–Crippen MR) is 87.0 cm³/mol. The van der Waals surface area contributed by atoms with E-state index in [2.05, 4.69) is 20.8 Å². The summed E-state index contributed by atoms with van der Waals surface area (Å²) in [7, 11) is 0. The second-order valence-electron chi connectivity index (χ2n) is 9.67. The van der Waals surface area contributed by atoms with E-state index >= 15 is 0 Å². The van der Waals surface area contributed by atoms with E-state index in [-0.39, 0.29) is 5.41 Å². The average molecular weight is 290 g/mol. The molecule has 4 aliphatic rings. The number of aliphatic hydroxyl groups is 1. The Morgan fingerprint density at radius 1 is 0.762 bits per heavy atom. The third kappa shape index (κ3) is 1.79. The predicted octanol–water partition coefficient (Wildman–Crippen LogP) is 5.17. The fourth-order valence-electron chi connectivity index (χ4n) is 7.54. The van der Waals surface area contributed by atoms with Crippen molar-refractivity contribution in [2.75, 3.05) is 0 Å². The van der Waals surface area contributed by atoms with Gasteiger partial charge in [-0.1, -0.05) is 26.7 Å². The minimum Gasteiger partial charge on any atom is -0.390 e. The van der Waals surface area contributed by atoms with Crippen molar-refractivity contribution in [2.45, 2.75) is 90.6 Å². The molecule has 0 unspecified atom stereocenters. The molecular formula is C20H34O. The van der Waals surface area contributed by atoms with Gasteiger partial charge in [-0.2, -0.15) is 0 Å². The fraction of sp³-hybridized carbons (Fsp3) is 1.00. The third-order valence-electron chi connectivity index (χ3n) is 9.15. The summed E-state index contributed by atoms with van der Waals surface area (Å²) in [5, 5.41) is 10.9. The molecule has 7 atom stereocenters. The Labute approximate surface area is 130 Å². The van der Waals surface area contributed by atoms with E-state index in [0.717, 1.165) is 30.1 Å². The van der Waals surface area contributed by atoms with E-state index in [4.69, 9.17) is 0 Å². The maximum atomic E-state index is 10.9. The van der Waals surface area contributed by atoms with Crippen LogP contribution in [-0.4, -0.2) is 10.7 Å². The summed E-state index contributed by atoms with van der Waals surface area (Å²) in [5.74, 6) is 3.69. The molecule has 0 heterocycles. The molecule has 0 amide bonds. The quantitative estimate of drug-likeness (QED) is 0.652. The van der Waals surface area contributed by atoms with Gasteiger partial charge >= 0.3 is 0 Å². The number of fused-ring (bicyclic) bond motifs is 5. The highest BCUT2D eigenvalue weighted by atomic mass is 16.3. The molecule has 4 aliphatic carbocycles. The van der Waals surface area contributed by atoms with Crippen molar-refractivity contribution in [3.8, 4) is 0 Å². The highest BCUT2D eigenvalue weighted by Crippen LogP contribution is 2.68. The smallest absolute Gasteiger partial charge is 0.0675 e. The van der Waals surface area contributed by atoms with Crippen LogP contribution < -0.4 is 0 Å². The lowest BCUT2D eigenvalue weighted by molar-refractivity contribution is -0.145. The molecule has 0 aliphatic heterocycles. The first-order valence-corrected chi connectivity index (χ1v) is 9.61. The van der Waals surface area contributed by atoms with Crippen molar-refractivity contribution in [2.24, 2.45) is 34.5 Å². The monoisotopic (exact) mass is 290 g/mol. The number of rotatable bonds is 0. The molecule has 1 heteroatoms. The summed E-state index contributed by atoms with van der Waals surface area (Å²) in [6.07, 6.45) is 13.9. The zero-order valence-corrected chi connectivity index (χ0v) is 14.3. The van der Waals surface area contributed by atoms with Crippen LogP contribution in [0.2, 0.25) is 0 Å². The van der Waals surface area contributed by atoms with Crippen molar-refractivity contribution in [3.63, 3.8) is 0 Å². The van der Waals surface area contributed by atoms with Crippen LogP contribution in [0.25, 0.3) is 0 Å². The number of hydrogen-bond donors (Lipinski definition) is 1. The topological polar surface area (TPSA) is 20.2 Å². The molecule has 1 nitrogen and oxygen atoms in total. The van der Waals surface area contributed by atoms with Gasteiger partial charge in [0.2, 0.25) is 0 Å². The van der Waals surface area contributed by atoms with Crippen molar-refractivity contribution in [1.82, 2.24) is 0 Å². The largest absolute Gasteiger partial charge is 0.390 e. The SMILES string of the molecule is C[C@]12CCCC[C@@H]1CC[C@H]1[C@H]3CC[C@](C)(O)[C@@]3(C)CC[C@@H]12. The molecule has 21 heavy (non-hydrogen) atoms. The Balaban J connectivity index is 1.66. The van der Waals surface area contributed by atoms with Crippen LogP contribution in [0.15, 0.2) is 0 Å². The van der Waals surface area contributed by atoms with E-state index in [1.54, 1.807) is 0 Å². The first kappa shape index (κ1) is 14.5. The molecule has 0 radical (unpaired) electrons. The third-order valence-corrected chi connectivity index (χ3v) is 9.15. The standard InChI is InChI=1S/C20H34O/c1-18-11-5-4-6-14(18)7-8-15-16(18)9-12-19(2)17(15)10-13-20(19,3)21/h14-17,21H,4-13H2,1-3H3/t14-,15-,16+,17-,18+,19+,20+/m1/s1. The second-order valence-corrected chi connectivity index (χ2v) is 9.67. The van der Waals surface area contributed by atoms with Crippen LogP contribution in [-0.2, 0) is 0 Å². The van der Waals surface area contributed by atoms with Crippen molar-refractivity contribution in [1.29, 1.82) is 0 Å². The van der Waals surface area contributed by atoms with Gasteiger partial charge in [0.25, 0.3) is 0 Å². The molecule has 4 rings (SSSR count). The van der Waals surface area contributed by atoms with E-state index in [1.165, 1.54) is 57.8 Å². The van der Waals surface area contributed by atoms with Gasteiger partial charge in [0.05, 0.1) is 5.60 Å². The van der Waals surface area contributed by atoms with Gasteiger partial charge in [0.1, 0.15) is 0 Å². The first-order valence-electron chi connectivity index (χ1n) is 9.61. The highest BCUT2D eigenvalue weighted by Gasteiger charge is 2.62. The summed E-state index contributed by atoms with van der Waals surface area (Å²) < 4.78 is 0. The maximum Gasteiger partial charge on any atom is 0.0675 e. The van der Waals surface area contributed by atoms with Crippen molar-refractivity contribution >= 4 is 0 Å². The Kier molecular flexibility index (Phi) is 3.11. The summed E-state index contributed by atoms with van der Waals surface area (Å²) in [6.45, 7) is 7.18. The van der Waals surface area contributed by atoms with Crippen LogP contribution in [0.1, 0.15) is 85.0 Å². The molecule has 1 N–H and O–H groups in total. The molecular weight excluding hydrogens is 256 g/mol. The molecule has 0 saturated heterocycles. The Morgan fingerprint density at radius 3 is 2.33 bits per heavy atom. The van der Waals surface area contributed by atoms with Gasteiger partial charge < -0.3 is 5.11 Å². The van der Waals surface area contributed by atoms with Gasteiger partial charge in [0, 0.05) is 0 Å². The fourth-order valence-corrected chi connectivity index (χ4v) is 7.54. The summed E-state index contributed by atoms with van der Waals surface area (Å²) in [5.41, 5.74) is 0.427. The number of hydrogen-bond acceptors (Lipinski definition) is 1. The summed E-state index contributed by atoms with van der Waals surface area (Å²) in [4.78, 5) is 0. The van der Waals surface area contributed by atoms with Crippen LogP contribution >= 0.6 is 0 Å². The second kappa shape index (κ2) is 4.49. The molecule has 120 valence electrons. The van der Waals surface area contributed by atoms with E-state index in [0.29, 0.717) is 5.41 Å². The maximum absolute atomic E-state index is 10.9. The van der Waals surface area contributed by atoms with E-state index in [9.17, 15) is 5.11 Å². The molecule has 0 aromatic carbocycles. The molecule has 0 bridgehead atoms. The zero-order valence-electron chi connectivity index (χ0n) is 14.3. The Bertz CT molecular complexity index is 428. The van der Waals surface area contributed by atoms with Gasteiger partial charge in [-0.05, 0) is 92.8 Å². The van der Waals surface area contributed by atoms with Crippen LogP contribution in [0.5, 0.6) is 0 Å². The molecule has 0 spiro atoms. The molecule has 0 aromatic heterocycles. The van der Waals surface area contributed by atoms with Crippen LogP contribution in [0.3, 0.4) is 0 Å². The summed E-state index contributed by atoms with van der Waals surface area (Å²) in [6, 6.07) is 0. The van der Waals surface area contributed by atoms with Gasteiger partial charge in [-0.25, -0.2) is 0 Å². The minimum absolute atomic E-state index is 0.200. The lowest BCUT2D eigenvalue weighted by Crippen LogP contribution is -2.55. The minimum atomic E-state index is -0.410.